The molecule has 0 aliphatic rings. The number of carboxylic acid groups (broad SMARTS) is 1. The van der Waals surface area contributed by atoms with Crippen molar-refractivity contribution in [2.75, 3.05) is 10.6 Å². The third-order valence-electron chi connectivity index (χ3n) is 5.52. The second kappa shape index (κ2) is 12.7. The Morgan fingerprint density at radius 3 is 2.39 bits per heavy atom. The molecule has 192 valence electrons. The molecular weight excluding hydrogens is 482 g/mol. The maximum atomic E-state index is 12.8. The number of carbonyl (C=O) groups is 2. The molecule has 4 aromatic rings. The number of aliphatic carboxylic acids is 1. The lowest BCUT2D eigenvalue weighted by Gasteiger charge is -2.18. The van der Waals surface area contributed by atoms with Crippen molar-refractivity contribution in [3.63, 3.8) is 0 Å². The fourth-order valence-corrected chi connectivity index (χ4v) is 3.65. The van der Waals surface area contributed by atoms with Crippen LogP contribution in [0.15, 0.2) is 103 Å². The summed E-state index contributed by atoms with van der Waals surface area (Å²) in [6.45, 7) is 0.523. The molecule has 0 aliphatic heterocycles. The van der Waals surface area contributed by atoms with Crippen LogP contribution in [0.2, 0.25) is 0 Å². The number of carbonyl (C=O) groups excluding carboxylic acids is 1. The molecule has 0 saturated carbocycles. The Hall–Kier alpha value is -5.18. The molecule has 9 nitrogen and oxygen atoms in total. The van der Waals surface area contributed by atoms with Crippen molar-refractivity contribution in [1.29, 1.82) is 5.41 Å². The molecule has 1 unspecified atom stereocenters. The Labute approximate surface area is 220 Å². The molecular formula is C29H27N5O4. The van der Waals surface area contributed by atoms with E-state index in [0.29, 0.717) is 34.8 Å². The van der Waals surface area contributed by atoms with Gasteiger partial charge in [-0.3, -0.25) is 20.0 Å². The minimum absolute atomic E-state index is 0.148. The number of hydrogen-bond donors (Lipinski definition) is 5. The van der Waals surface area contributed by atoms with Crippen LogP contribution in [0.25, 0.3) is 0 Å². The van der Waals surface area contributed by atoms with Gasteiger partial charge in [-0.2, -0.15) is 0 Å². The fraction of sp³-hybridized carbons (Fsp3) is 0.103. The first-order valence-corrected chi connectivity index (χ1v) is 11.9. The number of ether oxygens (including phenoxy) is 1. The molecule has 1 amide bonds. The van der Waals surface area contributed by atoms with Crippen molar-refractivity contribution in [3.8, 4) is 5.75 Å². The number of carboxylic acids is 1. The van der Waals surface area contributed by atoms with E-state index in [1.54, 1.807) is 73.1 Å². The van der Waals surface area contributed by atoms with Crippen LogP contribution in [0.4, 0.5) is 11.4 Å². The van der Waals surface area contributed by atoms with Gasteiger partial charge < -0.3 is 25.8 Å². The Kier molecular flexibility index (Phi) is 8.64. The molecule has 0 radical (unpaired) electrons. The molecule has 1 atom stereocenters. The van der Waals surface area contributed by atoms with Crippen molar-refractivity contribution in [2.24, 2.45) is 0 Å². The molecule has 5 N–H and O–H groups in total. The van der Waals surface area contributed by atoms with Crippen molar-refractivity contribution >= 4 is 29.2 Å². The van der Waals surface area contributed by atoms with Gasteiger partial charge in [0, 0.05) is 47.5 Å². The number of guanidine groups is 1. The average molecular weight is 510 g/mol. The summed E-state index contributed by atoms with van der Waals surface area (Å²) in [7, 11) is 0. The predicted molar refractivity (Wildman–Crippen MR) is 145 cm³/mol. The number of benzene rings is 3. The maximum absolute atomic E-state index is 12.8. The molecule has 38 heavy (non-hydrogen) atoms. The zero-order chi connectivity index (χ0) is 26.7. The molecule has 1 aromatic heterocycles. The van der Waals surface area contributed by atoms with E-state index in [-0.39, 0.29) is 18.3 Å². The molecule has 9 heteroatoms. The van der Waals surface area contributed by atoms with Gasteiger partial charge in [0.05, 0.1) is 6.42 Å². The summed E-state index contributed by atoms with van der Waals surface area (Å²) in [5.41, 5.74) is 3.31. The molecule has 0 fully saturated rings. The molecule has 3 aromatic carbocycles. The van der Waals surface area contributed by atoms with Crippen LogP contribution in [0.3, 0.4) is 0 Å². The summed E-state index contributed by atoms with van der Waals surface area (Å²) in [6, 6.07) is 26.8. The van der Waals surface area contributed by atoms with E-state index in [1.807, 2.05) is 30.3 Å². The first-order valence-electron chi connectivity index (χ1n) is 11.9. The van der Waals surface area contributed by atoms with Crippen molar-refractivity contribution in [1.82, 2.24) is 10.3 Å². The van der Waals surface area contributed by atoms with E-state index in [1.165, 1.54) is 0 Å². The quantitative estimate of drug-likeness (QED) is 0.149. The summed E-state index contributed by atoms with van der Waals surface area (Å²) in [5, 5.41) is 26.1. The number of nitrogens with zero attached hydrogens (tertiary/aromatic N) is 1. The van der Waals surface area contributed by atoms with Gasteiger partial charge in [0.15, 0.2) is 5.96 Å². The smallest absolute Gasteiger partial charge is 0.307 e. The van der Waals surface area contributed by atoms with Gasteiger partial charge in [0.1, 0.15) is 11.9 Å². The number of aromatic nitrogens is 1. The highest BCUT2D eigenvalue weighted by Crippen LogP contribution is 2.27. The summed E-state index contributed by atoms with van der Waals surface area (Å²) >= 11 is 0. The van der Waals surface area contributed by atoms with E-state index in [9.17, 15) is 14.7 Å². The Balaban J connectivity index is 1.34. The number of rotatable bonds is 10. The van der Waals surface area contributed by atoms with Crippen LogP contribution in [0.5, 0.6) is 5.75 Å². The van der Waals surface area contributed by atoms with E-state index in [4.69, 9.17) is 10.1 Å². The summed E-state index contributed by atoms with van der Waals surface area (Å²) in [6.07, 6.45) is 2.21. The lowest BCUT2D eigenvalue weighted by molar-refractivity contribution is -0.138. The summed E-state index contributed by atoms with van der Waals surface area (Å²) in [4.78, 5) is 28.2. The van der Waals surface area contributed by atoms with Crippen LogP contribution in [0.1, 0.15) is 34.0 Å². The average Bonchev–Trinajstić information content (AvgIpc) is 2.93. The SMILES string of the molecule is N=C(NCc1ccccc1)Nc1ccc(C(=O)Nc2cccc(OC(CC(=O)O)c3cccnc3)c2)cc1. The second-order valence-corrected chi connectivity index (χ2v) is 8.39. The minimum Gasteiger partial charge on any atom is -0.485 e. The van der Waals surface area contributed by atoms with Crippen molar-refractivity contribution in [2.45, 2.75) is 19.1 Å². The standard InChI is InChI=1S/C29H27N5O4/c30-29(32-18-20-6-2-1-3-7-20)34-23-13-11-21(12-14-23)28(37)33-24-9-4-10-25(16-24)38-26(17-27(35)36)22-8-5-15-31-19-22/h1-16,19,26H,17-18H2,(H,33,37)(H,35,36)(H3,30,32,34). The highest BCUT2D eigenvalue weighted by Gasteiger charge is 2.18. The summed E-state index contributed by atoms with van der Waals surface area (Å²) in [5.74, 6) is -0.752. The third kappa shape index (κ3) is 7.66. The van der Waals surface area contributed by atoms with Gasteiger partial charge in [-0.15, -0.1) is 0 Å². The first-order chi connectivity index (χ1) is 18.5. The van der Waals surface area contributed by atoms with Crippen molar-refractivity contribution < 1.29 is 19.4 Å². The van der Waals surface area contributed by atoms with E-state index in [0.717, 1.165) is 5.56 Å². The van der Waals surface area contributed by atoms with Crippen LogP contribution >= 0.6 is 0 Å². The van der Waals surface area contributed by atoms with E-state index < -0.39 is 12.1 Å². The molecule has 1 heterocycles. The van der Waals surface area contributed by atoms with Gasteiger partial charge >= 0.3 is 5.97 Å². The van der Waals surface area contributed by atoms with Crippen molar-refractivity contribution in [3.05, 3.63) is 120 Å². The highest BCUT2D eigenvalue weighted by atomic mass is 16.5. The van der Waals surface area contributed by atoms with Gasteiger partial charge in [0.25, 0.3) is 5.91 Å². The lowest BCUT2D eigenvalue weighted by Crippen LogP contribution is -2.29. The number of nitrogens with one attached hydrogen (secondary N) is 4. The molecule has 0 bridgehead atoms. The molecule has 0 aliphatic carbocycles. The van der Waals surface area contributed by atoms with Crippen LogP contribution in [-0.4, -0.2) is 27.9 Å². The van der Waals surface area contributed by atoms with Crippen LogP contribution in [0, 0.1) is 5.41 Å². The largest absolute Gasteiger partial charge is 0.485 e. The van der Waals surface area contributed by atoms with E-state index >= 15 is 0 Å². The lowest BCUT2D eigenvalue weighted by atomic mass is 10.1. The van der Waals surface area contributed by atoms with Gasteiger partial charge in [-0.1, -0.05) is 42.5 Å². The zero-order valence-electron chi connectivity index (χ0n) is 20.4. The number of anilines is 2. The number of amides is 1. The Morgan fingerprint density at radius 1 is 0.895 bits per heavy atom. The molecule has 0 saturated heterocycles. The minimum atomic E-state index is -0.997. The van der Waals surface area contributed by atoms with Crippen LogP contribution < -0.4 is 20.7 Å². The maximum Gasteiger partial charge on any atom is 0.307 e. The zero-order valence-corrected chi connectivity index (χ0v) is 20.4. The predicted octanol–water partition coefficient (Wildman–Crippen LogP) is 5.07. The number of hydrogen-bond acceptors (Lipinski definition) is 5. The second-order valence-electron chi connectivity index (χ2n) is 8.39. The van der Waals surface area contributed by atoms with E-state index in [2.05, 4.69) is 20.9 Å². The van der Waals surface area contributed by atoms with Gasteiger partial charge in [-0.25, -0.2) is 0 Å². The highest BCUT2D eigenvalue weighted by molar-refractivity contribution is 6.04. The Bertz CT molecular complexity index is 1380. The molecule has 4 rings (SSSR count). The summed E-state index contributed by atoms with van der Waals surface area (Å²) < 4.78 is 5.93. The first kappa shape index (κ1) is 25.9. The third-order valence-corrected chi connectivity index (χ3v) is 5.52. The van der Waals surface area contributed by atoms with Gasteiger partial charge in [-0.05, 0) is 48.0 Å². The number of pyridine rings is 1. The monoisotopic (exact) mass is 509 g/mol. The topological polar surface area (TPSA) is 136 Å². The van der Waals surface area contributed by atoms with Crippen LogP contribution in [-0.2, 0) is 11.3 Å². The fourth-order valence-electron chi connectivity index (χ4n) is 3.65. The molecule has 0 spiro atoms. The Morgan fingerprint density at radius 2 is 1.68 bits per heavy atom. The normalized spacial score (nSPS) is 11.2. The van der Waals surface area contributed by atoms with Gasteiger partial charge in [0.2, 0.25) is 0 Å².